The lowest BCUT2D eigenvalue weighted by Crippen LogP contribution is -2.64. The molecule has 0 spiro atoms. The summed E-state index contributed by atoms with van der Waals surface area (Å²) >= 11 is 0. The molecule has 4 saturated carbocycles. The molecular formula is C24H40N2O3S. The molecule has 6 heteroatoms. The van der Waals surface area contributed by atoms with Gasteiger partial charge in [-0.05, 0) is 49.9 Å². The van der Waals surface area contributed by atoms with E-state index in [1.807, 2.05) is 0 Å². The largest absolute Gasteiger partial charge is 0.748 e. The molecule has 0 amide bonds. The quantitative estimate of drug-likeness (QED) is 0.446. The number of hydrogen-bond donors (Lipinski definition) is 0. The van der Waals surface area contributed by atoms with E-state index in [9.17, 15) is 0 Å². The van der Waals surface area contributed by atoms with Crippen molar-refractivity contribution in [3.05, 3.63) is 24.5 Å². The molecule has 0 aliphatic heterocycles. The molecule has 0 unspecified atom stereocenters. The molecule has 1 heterocycles. The van der Waals surface area contributed by atoms with Gasteiger partial charge in [-0.2, -0.15) is 4.57 Å². The normalized spacial score (nSPS) is 29.4. The molecule has 0 saturated heterocycles. The van der Waals surface area contributed by atoms with Gasteiger partial charge in [0.15, 0.2) is 17.9 Å². The number of hydrogen-bond acceptors (Lipinski definition) is 4. The Labute approximate surface area is 183 Å². The predicted octanol–water partition coefficient (Wildman–Crippen LogP) is 4.47. The van der Waals surface area contributed by atoms with E-state index >= 15 is 0 Å². The van der Waals surface area contributed by atoms with Crippen LogP contribution in [0, 0.1) is 17.8 Å². The third kappa shape index (κ3) is 6.19. The van der Waals surface area contributed by atoms with Crippen molar-refractivity contribution in [2.75, 3.05) is 24.2 Å². The maximum atomic E-state index is 9.08. The van der Waals surface area contributed by atoms with Crippen molar-refractivity contribution < 1.29 is 17.5 Å². The maximum absolute atomic E-state index is 9.08. The Kier molecular flexibility index (Phi) is 7.83. The third-order valence-corrected chi connectivity index (χ3v) is 7.29. The van der Waals surface area contributed by atoms with Gasteiger partial charge in [0.25, 0.3) is 0 Å². The summed E-state index contributed by atoms with van der Waals surface area (Å²) in [5, 5.41) is 0. The summed E-state index contributed by atoms with van der Waals surface area (Å²) in [5.41, 5.74) is 1.90. The van der Waals surface area contributed by atoms with Crippen molar-refractivity contribution in [3.8, 4) is 0 Å². The van der Waals surface area contributed by atoms with Crippen LogP contribution < -0.4 is 9.47 Å². The summed E-state index contributed by atoms with van der Waals surface area (Å²) in [6.45, 7) is 7.00. The van der Waals surface area contributed by atoms with E-state index in [2.05, 4.69) is 47.8 Å². The van der Waals surface area contributed by atoms with Gasteiger partial charge in [0.1, 0.15) is 0 Å². The van der Waals surface area contributed by atoms with Crippen molar-refractivity contribution in [1.82, 2.24) is 0 Å². The van der Waals surface area contributed by atoms with Crippen molar-refractivity contribution in [3.63, 3.8) is 0 Å². The molecule has 5 nitrogen and oxygen atoms in total. The first kappa shape index (κ1) is 23.5. The molecule has 170 valence electrons. The molecular weight excluding hydrogens is 396 g/mol. The van der Waals surface area contributed by atoms with Gasteiger partial charge >= 0.3 is 0 Å². The minimum absolute atomic E-state index is 0.463. The second-order valence-corrected chi connectivity index (χ2v) is 11.4. The first-order chi connectivity index (χ1) is 14.2. The molecule has 0 atom stereocenters. The highest BCUT2D eigenvalue weighted by molar-refractivity contribution is 7.84. The molecule has 30 heavy (non-hydrogen) atoms. The van der Waals surface area contributed by atoms with Crippen LogP contribution in [-0.4, -0.2) is 32.3 Å². The molecule has 4 fully saturated rings. The van der Waals surface area contributed by atoms with Crippen LogP contribution in [0.1, 0.15) is 78.1 Å². The second-order valence-electron chi connectivity index (χ2n) is 10.0. The van der Waals surface area contributed by atoms with E-state index in [1.54, 1.807) is 0 Å². The molecule has 1 aromatic heterocycles. The standard InChI is InChI=1S/C23H37N2.CH4O3S/c1-3-5-9-24(10-6-4-2)22-7-11-25(12-8-22)23-16-19-13-20(17-23)15-21(14-19)18-23;1-5(2,3)4/h7-8,11-12,19-21H,3-6,9-10,13-18H2,1-2H3;1H3,(H,2,3,4)/q+1;/p-1. The summed E-state index contributed by atoms with van der Waals surface area (Å²) in [4.78, 5) is 2.61. The van der Waals surface area contributed by atoms with E-state index < -0.39 is 10.1 Å². The first-order valence-electron chi connectivity index (χ1n) is 11.9. The van der Waals surface area contributed by atoms with E-state index in [-0.39, 0.29) is 0 Å². The highest BCUT2D eigenvalue weighted by Gasteiger charge is 2.56. The van der Waals surface area contributed by atoms with Crippen LogP contribution in [-0.2, 0) is 15.7 Å². The zero-order valence-electron chi connectivity index (χ0n) is 19.1. The SMILES string of the molecule is CCCCN(CCCC)c1cc[n+](C23CC4CC(CC(C4)C2)C3)cc1.CS(=O)(=O)[O-]. The smallest absolute Gasteiger partial charge is 0.171 e. The zero-order valence-corrected chi connectivity index (χ0v) is 19.9. The van der Waals surface area contributed by atoms with Crippen molar-refractivity contribution in [2.24, 2.45) is 17.8 Å². The number of unbranched alkanes of at least 4 members (excludes halogenated alkanes) is 2. The van der Waals surface area contributed by atoms with E-state index in [4.69, 9.17) is 13.0 Å². The highest BCUT2D eigenvalue weighted by atomic mass is 32.2. The highest BCUT2D eigenvalue weighted by Crippen LogP contribution is 2.56. The van der Waals surface area contributed by atoms with Gasteiger partial charge in [-0.25, -0.2) is 8.42 Å². The third-order valence-electron chi connectivity index (χ3n) is 7.29. The average molecular weight is 437 g/mol. The Hall–Kier alpha value is -1.14. The van der Waals surface area contributed by atoms with Gasteiger partial charge < -0.3 is 9.45 Å². The van der Waals surface area contributed by atoms with Gasteiger partial charge in [-0.1, -0.05) is 26.7 Å². The number of pyridine rings is 1. The van der Waals surface area contributed by atoms with Crippen LogP contribution in [0.5, 0.6) is 0 Å². The molecule has 4 bridgehead atoms. The summed E-state index contributed by atoms with van der Waals surface area (Å²) in [6, 6.07) is 4.81. The Bertz CT molecular complexity index is 725. The van der Waals surface area contributed by atoms with Gasteiger partial charge in [0, 0.05) is 56.4 Å². The van der Waals surface area contributed by atoms with E-state index in [0.29, 0.717) is 11.8 Å². The molecule has 5 rings (SSSR count). The fraction of sp³-hybridized carbons (Fsp3) is 0.792. The van der Waals surface area contributed by atoms with Gasteiger partial charge in [-0.15, -0.1) is 0 Å². The summed E-state index contributed by atoms with van der Waals surface area (Å²) in [5.74, 6) is 3.05. The molecule has 1 aromatic rings. The minimum Gasteiger partial charge on any atom is -0.748 e. The Morgan fingerprint density at radius 2 is 1.37 bits per heavy atom. The molecule has 0 aromatic carbocycles. The summed E-state index contributed by atoms with van der Waals surface area (Å²) < 4.78 is 29.9. The van der Waals surface area contributed by atoms with Gasteiger partial charge in [0.05, 0.1) is 10.1 Å². The van der Waals surface area contributed by atoms with Crippen LogP contribution in [0.4, 0.5) is 5.69 Å². The zero-order chi connectivity index (χ0) is 21.8. The lowest BCUT2D eigenvalue weighted by molar-refractivity contribution is -0.776. The van der Waals surface area contributed by atoms with Crippen LogP contribution in [0.3, 0.4) is 0 Å². The number of nitrogens with zero attached hydrogens (tertiary/aromatic N) is 2. The fourth-order valence-electron chi connectivity index (χ4n) is 6.39. The van der Waals surface area contributed by atoms with Crippen LogP contribution >= 0.6 is 0 Å². The summed E-state index contributed by atoms with van der Waals surface area (Å²) in [6.07, 6.45) is 19.5. The predicted molar refractivity (Wildman–Crippen MR) is 120 cm³/mol. The van der Waals surface area contributed by atoms with Crippen LogP contribution in [0.2, 0.25) is 0 Å². The molecule has 4 aliphatic rings. The van der Waals surface area contributed by atoms with E-state index in [1.165, 1.54) is 83.0 Å². The Morgan fingerprint density at radius 3 is 1.73 bits per heavy atom. The summed E-state index contributed by atoms with van der Waals surface area (Å²) in [7, 11) is -3.92. The number of aromatic nitrogens is 1. The lowest BCUT2D eigenvalue weighted by Gasteiger charge is -2.53. The van der Waals surface area contributed by atoms with Crippen LogP contribution in [0.25, 0.3) is 0 Å². The lowest BCUT2D eigenvalue weighted by atomic mass is 9.53. The first-order valence-corrected chi connectivity index (χ1v) is 13.7. The van der Waals surface area contributed by atoms with Gasteiger partial charge in [-0.3, -0.25) is 0 Å². The molecule has 0 radical (unpaired) electrons. The monoisotopic (exact) mass is 436 g/mol. The Morgan fingerprint density at radius 1 is 0.967 bits per heavy atom. The van der Waals surface area contributed by atoms with Crippen molar-refractivity contribution in [1.29, 1.82) is 0 Å². The minimum atomic E-state index is -3.92. The van der Waals surface area contributed by atoms with Crippen molar-refractivity contribution >= 4 is 15.8 Å². The van der Waals surface area contributed by atoms with Crippen molar-refractivity contribution in [2.45, 2.75) is 83.6 Å². The molecule has 4 aliphatic carbocycles. The number of anilines is 1. The average Bonchev–Trinajstić information content (AvgIpc) is 2.66. The second kappa shape index (κ2) is 9.99. The fourth-order valence-corrected chi connectivity index (χ4v) is 6.39. The molecule has 0 N–H and O–H groups in total. The maximum Gasteiger partial charge on any atom is 0.171 e. The van der Waals surface area contributed by atoms with Crippen LogP contribution in [0.15, 0.2) is 24.5 Å². The number of rotatable bonds is 8. The van der Waals surface area contributed by atoms with E-state index in [0.717, 1.165) is 17.8 Å². The topological polar surface area (TPSA) is 64.3 Å². The Balaban J connectivity index is 0.000000461. The van der Waals surface area contributed by atoms with Gasteiger partial charge in [0.2, 0.25) is 0 Å².